The molecule has 0 aliphatic rings. The Morgan fingerprint density at radius 2 is 1.75 bits per heavy atom. The summed E-state index contributed by atoms with van der Waals surface area (Å²) in [5.74, 6) is -2.74. The third kappa shape index (κ3) is 3.75. The smallest absolute Gasteiger partial charge is 0.350 e. The predicted molar refractivity (Wildman–Crippen MR) is 93.5 cm³/mol. The highest BCUT2D eigenvalue weighted by Gasteiger charge is 2.41. The van der Waals surface area contributed by atoms with Crippen molar-refractivity contribution in [3.8, 4) is 22.4 Å². The molecule has 11 heteroatoms. The van der Waals surface area contributed by atoms with Crippen molar-refractivity contribution in [2.24, 2.45) is 5.14 Å². The number of benzene rings is 2. The van der Waals surface area contributed by atoms with Gasteiger partial charge in [0.1, 0.15) is 16.4 Å². The minimum atomic E-state index is -4.92. The number of nitrogens with two attached hydrogens (primary N) is 1. The Morgan fingerprint density at radius 3 is 2.29 bits per heavy atom. The fraction of sp³-hybridized carbons (Fsp3) is 0.118. The molecule has 1 heterocycles. The second kappa shape index (κ2) is 6.87. The lowest BCUT2D eigenvalue weighted by Gasteiger charge is -2.09. The maximum Gasteiger partial charge on any atom is 0.453 e. The van der Waals surface area contributed by atoms with E-state index < -0.39 is 38.2 Å². The highest BCUT2D eigenvalue weighted by atomic mass is 35.5. The molecular weight excluding hydrogens is 424 g/mol. The van der Waals surface area contributed by atoms with Gasteiger partial charge in [0.2, 0.25) is 15.8 Å². The van der Waals surface area contributed by atoms with Gasteiger partial charge >= 0.3 is 6.18 Å². The number of hydrogen-bond donors (Lipinski definition) is 1. The van der Waals surface area contributed by atoms with E-state index in [1.165, 1.54) is 18.2 Å². The number of alkyl halides is 3. The first-order valence-electron chi connectivity index (χ1n) is 7.55. The second-order valence-corrected chi connectivity index (χ2v) is 7.82. The van der Waals surface area contributed by atoms with Crippen LogP contribution in [0.25, 0.3) is 22.4 Å². The van der Waals surface area contributed by atoms with Crippen LogP contribution in [0.15, 0.2) is 45.8 Å². The van der Waals surface area contributed by atoms with E-state index in [9.17, 15) is 26.0 Å². The van der Waals surface area contributed by atoms with Gasteiger partial charge in [-0.1, -0.05) is 28.9 Å². The molecule has 5 nitrogen and oxygen atoms in total. The highest BCUT2D eigenvalue weighted by molar-refractivity contribution is 7.89. The third-order valence-corrected chi connectivity index (χ3v) is 5.28. The van der Waals surface area contributed by atoms with Gasteiger partial charge in [-0.05, 0) is 42.3 Å². The van der Waals surface area contributed by atoms with Crippen LogP contribution in [-0.2, 0) is 16.2 Å². The zero-order valence-electron chi connectivity index (χ0n) is 14.0. The average molecular weight is 435 g/mol. The van der Waals surface area contributed by atoms with Gasteiger partial charge < -0.3 is 4.52 Å². The Balaban J connectivity index is 2.28. The van der Waals surface area contributed by atoms with Crippen LogP contribution in [0.4, 0.5) is 17.6 Å². The topological polar surface area (TPSA) is 86.2 Å². The number of rotatable bonds is 3. The first-order chi connectivity index (χ1) is 12.9. The zero-order chi connectivity index (χ0) is 20.9. The van der Waals surface area contributed by atoms with Crippen molar-refractivity contribution < 1.29 is 30.5 Å². The summed E-state index contributed by atoms with van der Waals surface area (Å²) >= 11 is 5.94. The Bertz CT molecular complexity index is 1170. The molecule has 0 atom stereocenters. The lowest BCUT2D eigenvalue weighted by Crippen LogP contribution is -2.14. The summed E-state index contributed by atoms with van der Waals surface area (Å²) in [5.41, 5.74) is -0.172. The molecular formula is C17H11ClF4N2O3S. The van der Waals surface area contributed by atoms with Gasteiger partial charge in [0, 0.05) is 10.6 Å². The number of aryl methyl sites for hydroxylation is 1. The lowest BCUT2D eigenvalue weighted by molar-refractivity contribution is -0.154. The van der Waals surface area contributed by atoms with Crippen molar-refractivity contribution >= 4 is 21.6 Å². The molecule has 0 bridgehead atoms. The van der Waals surface area contributed by atoms with Crippen LogP contribution in [0.3, 0.4) is 0 Å². The molecule has 28 heavy (non-hydrogen) atoms. The fourth-order valence-corrected chi connectivity index (χ4v) is 3.33. The van der Waals surface area contributed by atoms with Gasteiger partial charge in [-0.25, -0.2) is 17.9 Å². The fourth-order valence-electron chi connectivity index (χ4n) is 2.63. The van der Waals surface area contributed by atoms with Crippen LogP contribution >= 0.6 is 11.6 Å². The monoisotopic (exact) mass is 434 g/mol. The van der Waals surface area contributed by atoms with Gasteiger partial charge in [-0.15, -0.1) is 0 Å². The van der Waals surface area contributed by atoms with Gasteiger partial charge in [0.15, 0.2) is 0 Å². The standard InChI is InChI=1S/C17H11ClF4N2O3S/c1-8-6-10(2-4-11(8)18)15-14(16(27-24-15)17(20,21)22)9-3-5-13(12(19)7-9)28(23,25)26/h2-7H,1H3,(H2,23,25,26). The van der Waals surface area contributed by atoms with E-state index in [-0.39, 0.29) is 16.8 Å². The molecule has 0 radical (unpaired) electrons. The van der Waals surface area contributed by atoms with Crippen LogP contribution in [0.5, 0.6) is 0 Å². The number of aromatic nitrogens is 1. The van der Waals surface area contributed by atoms with Crippen LogP contribution < -0.4 is 5.14 Å². The summed E-state index contributed by atoms with van der Waals surface area (Å²) in [4.78, 5) is -0.842. The largest absolute Gasteiger partial charge is 0.453 e. The highest BCUT2D eigenvalue weighted by Crippen LogP contribution is 2.43. The van der Waals surface area contributed by atoms with Crippen LogP contribution in [0.2, 0.25) is 5.02 Å². The van der Waals surface area contributed by atoms with Crippen LogP contribution in [0.1, 0.15) is 11.3 Å². The van der Waals surface area contributed by atoms with Crippen molar-refractivity contribution in [1.29, 1.82) is 0 Å². The Kier molecular flexibility index (Phi) is 4.98. The molecule has 1 aromatic heterocycles. The maximum absolute atomic E-state index is 14.2. The molecule has 0 fully saturated rings. The number of nitrogens with zero attached hydrogens (tertiary/aromatic N) is 1. The molecule has 3 aromatic rings. The van der Waals surface area contributed by atoms with Crippen LogP contribution in [0, 0.1) is 12.7 Å². The molecule has 0 saturated carbocycles. The molecule has 0 spiro atoms. The Hall–Kier alpha value is -2.43. The van der Waals surface area contributed by atoms with E-state index in [2.05, 4.69) is 9.68 Å². The summed E-state index contributed by atoms with van der Waals surface area (Å²) in [6.45, 7) is 1.65. The summed E-state index contributed by atoms with van der Waals surface area (Å²) in [7, 11) is -4.38. The Morgan fingerprint density at radius 1 is 1.11 bits per heavy atom. The molecule has 0 amide bonds. The van der Waals surface area contributed by atoms with Gasteiger partial charge in [0.05, 0.1) is 5.56 Å². The molecule has 2 aromatic carbocycles. The minimum Gasteiger partial charge on any atom is -0.350 e. The Labute approximate surface area is 161 Å². The van der Waals surface area contributed by atoms with E-state index in [1.54, 1.807) is 6.92 Å². The summed E-state index contributed by atoms with van der Waals surface area (Å²) in [5, 5.41) is 8.78. The van der Waals surface area contributed by atoms with E-state index in [1.807, 2.05) is 0 Å². The molecule has 0 aliphatic heterocycles. The first-order valence-corrected chi connectivity index (χ1v) is 9.48. The third-order valence-electron chi connectivity index (χ3n) is 3.91. The SMILES string of the molecule is Cc1cc(-c2noc(C(F)(F)F)c2-c2ccc(S(N)(=O)=O)c(F)c2)ccc1Cl. The van der Waals surface area contributed by atoms with Crippen molar-refractivity contribution in [3.63, 3.8) is 0 Å². The molecule has 148 valence electrons. The number of halogens is 5. The number of sulfonamides is 1. The van der Waals surface area contributed by atoms with E-state index >= 15 is 0 Å². The minimum absolute atomic E-state index is 0.199. The predicted octanol–water partition coefficient (Wildman–Crippen LogP) is 4.78. The number of hydrogen-bond acceptors (Lipinski definition) is 4. The molecule has 0 aliphatic carbocycles. The first kappa shape index (κ1) is 20.3. The van der Waals surface area contributed by atoms with Crippen molar-refractivity contribution in [3.05, 3.63) is 58.6 Å². The summed E-state index contributed by atoms with van der Waals surface area (Å²) < 4.78 is 81.6. The van der Waals surface area contributed by atoms with Crippen LogP contribution in [-0.4, -0.2) is 13.6 Å². The molecule has 0 unspecified atom stereocenters. The molecule has 0 saturated heterocycles. The summed E-state index contributed by atoms with van der Waals surface area (Å²) in [6, 6.07) is 6.82. The van der Waals surface area contributed by atoms with E-state index in [0.29, 0.717) is 16.7 Å². The van der Waals surface area contributed by atoms with Crippen molar-refractivity contribution in [1.82, 2.24) is 5.16 Å². The average Bonchev–Trinajstić information content (AvgIpc) is 3.01. The van der Waals surface area contributed by atoms with Gasteiger partial charge in [-0.2, -0.15) is 13.2 Å². The number of primary sulfonamides is 1. The van der Waals surface area contributed by atoms with E-state index in [0.717, 1.165) is 12.1 Å². The lowest BCUT2D eigenvalue weighted by atomic mass is 9.98. The van der Waals surface area contributed by atoms with Gasteiger partial charge in [0.25, 0.3) is 0 Å². The van der Waals surface area contributed by atoms with Crippen molar-refractivity contribution in [2.45, 2.75) is 18.0 Å². The molecule has 3 rings (SSSR count). The second-order valence-electron chi connectivity index (χ2n) is 5.89. The van der Waals surface area contributed by atoms with Crippen molar-refractivity contribution in [2.75, 3.05) is 0 Å². The maximum atomic E-state index is 14.2. The zero-order valence-corrected chi connectivity index (χ0v) is 15.6. The summed E-state index contributed by atoms with van der Waals surface area (Å²) in [6.07, 6.45) is -4.92. The normalized spacial score (nSPS) is 12.4. The van der Waals surface area contributed by atoms with Gasteiger partial charge in [-0.3, -0.25) is 0 Å². The van der Waals surface area contributed by atoms with E-state index in [4.69, 9.17) is 16.7 Å². The molecule has 2 N–H and O–H groups in total. The quantitative estimate of drug-likeness (QED) is 0.601.